The van der Waals surface area contributed by atoms with Gasteiger partial charge >= 0.3 is 0 Å². The summed E-state index contributed by atoms with van der Waals surface area (Å²) in [6.07, 6.45) is 7.77. The number of allylic oxidation sites excluding steroid dienone is 1. The molecule has 1 unspecified atom stereocenters. The van der Waals surface area contributed by atoms with Crippen LogP contribution in [0.4, 0.5) is 0 Å². The Morgan fingerprint density at radius 1 is 1.27 bits per heavy atom. The van der Waals surface area contributed by atoms with E-state index in [1.807, 2.05) is 13.2 Å². The van der Waals surface area contributed by atoms with Gasteiger partial charge in [0.15, 0.2) is 0 Å². The van der Waals surface area contributed by atoms with E-state index in [1.165, 1.54) is 19.3 Å². The first-order chi connectivity index (χ1) is 5.35. The SMILES string of the molecule is CCCC(/C=C/OCC)CC. The van der Waals surface area contributed by atoms with Gasteiger partial charge in [-0.3, -0.25) is 0 Å². The molecule has 0 fully saturated rings. The summed E-state index contributed by atoms with van der Waals surface area (Å²) in [6, 6.07) is 0. The Hall–Kier alpha value is -0.460. The minimum absolute atomic E-state index is 0.714. The van der Waals surface area contributed by atoms with Gasteiger partial charge in [-0.25, -0.2) is 0 Å². The van der Waals surface area contributed by atoms with Crippen molar-refractivity contribution < 1.29 is 4.74 Å². The lowest BCUT2D eigenvalue weighted by Gasteiger charge is -2.06. The van der Waals surface area contributed by atoms with Crippen LogP contribution in [0.25, 0.3) is 0 Å². The molecule has 1 heteroatoms. The van der Waals surface area contributed by atoms with Crippen LogP contribution in [0.2, 0.25) is 0 Å². The van der Waals surface area contributed by atoms with Gasteiger partial charge in [-0.1, -0.05) is 20.3 Å². The van der Waals surface area contributed by atoms with Crippen LogP contribution in [0, 0.1) is 5.92 Å². The highest BCUT2D eigenvalue weighted by Gasteiger charge is 1.98. The molecule has 0 aromatic rings. The van der Waals surface area contributed by atoms with E-state index in [0.29, 0.717) is 5.92 Å². The van der Waals surface area contributed by atoms with Gasteiger partial charge in [-0.15, -0.1) is 0 Å². The van der Waals surface area contributed by atoms with Gasteiger partial charge in [0.2, 0.25) is 0 Å². The molecule has 0 aromatic heterocycles. The van der Waals surface area contributed by atoms with Gasteiger partial charge in [0.1, 0.15) is 0 Å². The van der Waals surface area contributed by atoms with Gasteiger partial charge in [0.05, 0.1) is 12.9 Å². The largest absolute Gasteiger partial charge is 0.502 e. The molecule has 0 saturated heterocycles. The van der Waals surface area contributed by atoms with Crippen LogP contribution in [0.3, 0.4) is 0 Å². The highest BCUT2D eigenvalue weighted by Crippen LogP contribution is 2.11. The monoisotopic (exact) mass is 156 g/mol. The van der Waals surface area contributed by atoms with Crippen LogP contribution < -0.4 is 0 Å². The maximum absolute atomic E-state index is 5.13. The summed E-state index contributed by atoms with van der Waals surface area (Å²) >= 11 is 0. The second-order valence-electron chi connectivity index (χ2n) is 2.74. The summed E-state index contributed by atoms with van der Waals surface area (Å²) in [4.78, 5) is 0. The second kappa shape index (κ2) is 7.64. The van der Waals surface area contributed by atoms with Crippen LogP contribution >= 0.6 is 0 Å². The molecular weight excluding hydrogens is 136 g/mol. The molecule has 1 nitrogen and oxygen atoms in total. The maximum Gasteiger partial charge on any atom is 0.0845 e. The van der Waals surface area contributed by atoms with Crippen molar-refractivity contribution in [2.75, 3.05) is 6.61 Å². The Morgan fingerprint density at radius 3 is 2.45 bits per heavy atom. The Kier molecular flexibility index (Phi) is 7.33. The summed E-state index contributed by atoms with van der Waals surface area (Å²) in [5.41, 5.74) is 0. The molecule has 66 valence electrons. The number of ether oxygens (including phenoxy) is 1. The average Bonchev–Trinajstić information content (AvgIpc) is 2.03. The normalized spacial score (nSPS) is 13.7. The lowest BCUT2D eigenvalue weighted by molar-refractivity contribution is 0.265. The predicted molar refractivity (Wildman–Crippen MR) is 49.5 cm³/mol. The molecule has 0 aliphatic carbocycles. The topological polar surface area (TPSA) is 9.23 Å². The minimum atomic E-state index is 0.714. The third-order valence-corrected chi connectivity index (χ3v) is 1.80. The van der Waals surface area contributed by atoms with Crippen molar-refractivity contribution in [2.24, 2.45) is 5.92 Å². The van der Waals surface area contributed by atoms with Crippen LogP contribution in [-0.2, 0) is 4.74 Å². The third kappa shape index (κ3) is 5.96. The Morgan fingerprint density at radius 2 is 2.00 bits per heavy atom. The average molecular weight is 156 g/mol. The van der Waals surface area contributed by atoms with E-state index in [-0.39, 0.29) is 0 Å². The zero-order valence-electron chi connectivity index (χ0n) is 7.97. The quantitative estimate of drug-likeness (QED) is 0.536. The Bertz CT molecular complexity index is 97.0. The van der Waals surface area contributed by atoms with Crippen molar-refractivity contribution >= 4 is 0 Å². The van der Waals surface area contributed by atoms with Gasteiger partial charge in [-0.05, 0) is 31.8 Å². The smallest absolute Gasteiger partial charge is 0.0845 e. The van der Waals surface area contributed by atoms with Crippen LogP contribution in [0.15, 0.2) is 12.3 Å². The molecule has 0 spiro atoms. The van der Waals surface area contributed by atoms with Crippen LogP contribution in [-0.4, -0.2) is 6.61 Å². The zero-order valence-corrected chi connectivity index (χ0v) is 7.97. The second-order valence-corrected chi connectivity index (χ2v) is 2.74. The molecule has 0 aliphatic heterocycles. The van der Waals surface area contributed by atoms with Crippen LogP contribution in [0.5, 0.6) is 0 Å². The summed E-state index contributed by atoms with van der Waals surface area (Å²) in [7, 11) is 0. The molecule has 0 radical (unpaired) electrons. The van der Waals surface area contributed by atoms with E-state index in [1.54, 1.807) is 0 Å². The van der Waals surface area contributed by atoms with E-state index in [9.17, 15) is 0 Å². The molecule has 0 heterocycles. The fourth-order valence-corrected chi connectivity index (χ4v) is 1.07. The zero-order chi connectivity index (χ0) is 8.53. The van der Waals surface area contributed by atoms with Crippen molar-refractivity contribution in [2.45, 2.75) is 40.0 Å². The molecule has 11 heavy (non-hydrogen) atoms. The number of rotatable bonds is 6. The molecule has 0 rings (SSSR count). The highest BCUT2D eigenvalue weighted by atomic mass is 16.5. The predicted octanol–water partition coefficient (Wildman–Crippen LogP) is 3.36. The number of hydrogen-bond acceptors (Lipinski definition) is 1. The van der Waals surface area contributed by atoms with E-state index >= 15 is 0 Å². The molecule has 1 atom stereocenters. The van der Waals surface area contributed by atoms with E-state index in [2.05, 4.69) is 19.9 Å². The molecule has 0 bridgehead atoms. The summed E-state index contributed by atoms with van der Waals surface area (Å²) in [6.45, 7) is 7.22. The lowest BCUT2D eigenvalue weighted by atomic mass is 10.0. The van der Waals surface area contributed by atoms with Gasteiger partial charge in [0, 0.05) is 0 Å². The number of hydrogen-bond donors (Lipinski definition) is 0. The van der Waals surface area contributed by atoms with E-state index in [4.69, 9.17) is 4.74 Å². The van der Waals surface area contributed by atoms with Crippen molar-refractivity contribution in [3.05, 3.63) is 12.3 Å². The van der Waals surface area contributed by atoms with Crippen molar-refractivity contribution in [1.82, 2.24) is 0 Å². The van der Waals surface area contributed by atoms with Crippen LogP contribution in [0.1, 0.15) is 40.0 Å². The molecule has 0 amide bonds. The Balaban J connectivity index is 3.49. The van der Waals surface area contributed by atoms with Gasteiger partial charge in [-0.2, -0.15) is 0 Å². The first-order valence-electron chi connectivity index (χ1n) is 4.63. The highest BCUT2D eigenvalue weighted by molar-refractivity contribution is 4.81. The van der Waals surface area contributed by atoms with E-state index < -0.39 is 0 Å². The summed E-state index contributed by atoms with van der Waals surface area (Å²) in [5.74, 6) is 0.714. The maximum atomic E-state index is 5.13. The summed E-state index contributed by atoms with van der Waals surface area (Å²) < 4.78 is 5.13. The molecular formula is C10H20O. The first-order valence-corrected chi connectivity index (χ1v) is 4.63. The Labute approximate surface area is 70.4 Å². The van der Waals surface area contributed by atoms with E-state index in [0.717, 1.165) is 6.61 Å². The molecule has 0 aliphatic rings. The fraction of sp³-hybridized carbons (Fsp3) is 0.800. The first kappa shape index (κ1) is 10.5. The third-order valence-electron chi connectivity index (χ3n) is 1.80. The lowest BCUT2D eigenvalue weighted by Crippen LogP contribution is -1.93. The molecule has 0 N–H and O–H groups in total. The van der Waals surface area contributed by atoms with Gasteiger partial charge < -0.3 is 4.74 Å². The molecule has 0 aromatic carbocycles. The fourth-order valence-electron chi connectivity index (χ4n) is 1.07. The molecule has 0 saturated carbocycles. The van der Waals surface area contributed by atoms with Gasteiger partial charge in [0.25, 0.3) is 0 Å². The van der Waals surface area contributed by atoms with Crippen molar-refractivity contribution in [3.63, 3.8) is 0 Å². The summed E-state index contributed by atoms with van der Waals surface area (Å²) in [5, 5.41) is 0. The standard InChI is InChI=1S/C10H20O/c1-4-7-10(5-2)8-9-11-6-3/h8-10H,4-7H2,1-3H3/b9-8+. The van der Waals surface area contributed by atoms with Crippen molar-refractivity contribution in [3.8, 4) is 0 Å². The van der Waals surface area contributed by atoms with Crippen molar-refractivity contribution in [1.29, 1.82) is 0 Å². The minimum Gasteiger partial charge on any atom is -0.502 e.